The standard InChI is InChI=1S/C20H38N4O7S12/c25-1-3-41-19(27)23-8-34-14-37-12-32-6-21-5-30-31-11-36-16-39-17-40-18-42-20(28)24-9-35-15-38-13-33-7-22-10-43(29)4-2-26/h5,10,25-26H,1-4,6-9,11-18H2,(H,23,27)(H,24,28)/b21-5+,22-10-. The molecule has 0 spiro atoms. The van der Waals surface area contributed by atoms with E-state index >= 15 is 0 Å². The number of carbonyl (C=O) groups is 2. The van der Waals surface area contributed by atoms with Crippen LogP contribution in [0.5, 0.6) is 0 Å². The van der Waals surface area contributed by atoms with Crippen molar-refractivity contribution in [2.24, 2.45) is 9.98 Å². The maximum atomic E-state index is 11.9. The third-order valence-corrected chi connectivity index (χ3v) is 16.3. The van der Waals surface area contributed by atoms with Crippen molar-refractivity contribution in [1.29, 1.82) is 0 Å². The zero-order chi connectivity index (χ0) is 31.5. The van der Waals surface area contributed by atoms with Gasteiger partial charge in [-0.1, -0.05) is 23.5 Å². The normalized spacial score (nSPS) is 12.2. The number of amides is 2. The van der Waals surface area contributed by atoms with Crippen LogP contribution in [0.2, 0.25) is 0 Å². The molecule has 1 atom stereocenters. The minimum Gasteiger partial charge on any atom is -0.396 e. The SMILES string of the molecule is O=C(NCSCSCSC/N=C/OOCSCSCSCSC(=O)NCSCSCSC/N=C\S(=O)CCO)SCCO. The summed E-state index contributed by atoms with van der Waals surface area (Å²) in [7, 11) is -1.18. The molecule has 1 unspecified atom stereocenters. The largest absolute Gasteiger partial charge is 0.396 e. The summed E-state index contributed by atoms with van der Waals surface area (Å²) in [6.45, 7) is -0.0950. The zero-order valence-electron chi connectivity index (χ0n) is 23.2. The molecule has 0 aromatic heterocycles. The van der Waals surface area contributed by atoms with E-state index in [1.54, 1.807) is 106 Å². The molecule has 252 valence electrons. The minimum absolute atomic E-state index is 0.00315. The van der Waals surface area contributed by atoms with E-state index in [2.05, 4.69) is 20.6 Å². The molecule has 0 radical (unpaired) electrons. The second kappa shape index (κ2) is 38.4. The van der Waals surface area contributed by atoms with Crippen molar-refractivity contribution in [3.05, 3.63) is 0 Å². The number of aliphatic hydroxyl groups is 2. The Labute approximate surface area is 303 Å². The first kappa shape index (κ1) is 45.0. The summed E-state index contributed by atoms with van der Waals surface area (Å²) in [6, 6.07) is 0. The van der Waals surface area contributed by atoms with Crippen molar-refractivity contribution in [2.75, 3.05) is 89.8 Å². The van der Waals surface area contributed by atoms with E-state index < -0.39 is 10.8 Å². The number of rotatable bonds is 31. The van der Waals surface area contributed by atoms with Crippen LogP contribution < -0.4 is 10.6 Å². The molecule has 0 aromatic carbocycles. The Morgan fingerprint density at radius 3 is 1.91 bits per heavy atom. The van der Waals surface area contributed by atoms with Crippen molar-refractivity contribution in [2.45, 2.75) is 0 Å². The number of nitrogens with zero attached hydrogens (tertiary/aromatic N) is 2. The highest BCUT2D eigenvalue weighted by atomic mass is 32.3. The van der Waals surface area contributed by atoms with Crippen molar-refractivity contribution in [3.63, 3.8) is 0 Å². The fourth-order valence-corrected chi connectivity index (χ4v) is 12.8. The average molecular weight is 831 g/mol. The Morgan fingerprint density at radius 2 is 1.26 bits per heavy atom. The molecule has 0 bridgehead atoms. The fourth-order valence-electron chi connectivity index (χ4n) is 1.75. The summed E-state index contributed by atoms with van der Waals surface area (Å²) in [5, 5.41) is 28.8. The lowest BCUT2D eigenvalue weighted by Gasteiger charge is -2.05. The van der Waals surface area contributed by atoms with Gasteiger partial charge in [-0.05, 0) is 0 Å². The van der Waals surface area contributed by atoms with Crippen molar-refractivity contribution in [1.82, 2.24) is 10.6 Å². The van der Waals surface area contributed by atoms with Gasteiger partial charge < -0.3 is 25.7 Å². The van der Waals surface area contributed by atoms with Crippen LogP contribution in [0, 0.1) is 0 Å². The van der Waals surface area contributed by atoms with E-state index in [0.717, 1.165) is 42.3 Å². The quantitative estimate of drug-likeness (QED) is 0.0168. The van der Waals surface area contributed by atoms with Crippen LogP contribution in [0.1, 0.15) is 0 Å². The van der Waals surface area contributed by atoms with E-state index in [4.69, 9.17) is 20.0 Å². The predicted molar refractivity (Wildman–Crippen MR) is 210 cm³/mol. The van der Waals surface area contributed by atoms with Crippen LogP contribution in [0.3, 0.4) is 0 Å². The average Bonchev–Trinajstić information content (AvgIpc) is 3.00. The third kappa shape index (κ3) is 38.3. The van der Waals surface area contributed by atoms with Crippen molar-refractivity contribution >= 4 is 163 Å². The van der Waals surface area contributed by atoms with Gasteiger partial charge in [0.15, 0.2) is 0 Å². The molecule has 23 heteroatoms. The van der Waals surface area contributed by atoms with Crippen LogP contribution in [-0.2, 0) is 20.6 Å². The molecule has 0 heterocycles. The van der Waals surface area contributed by atoms with Gasteiger partial charge in [-0.3, -0.25) is 18.8 Å². The van der Waals surface area contributed by atoms with Gasteiger partial charge in [0.1, 0.15) is 5.94 Å². The third-order valence-electron chi connectivity index (χ3n) is 3.37. The summed E-state index contributed by atoms with van der Waals surface area (Å²) in [4.78, 5) is 41.3. The molecule has 2 amide bonds. The fraction of sp³-hybridized carbons (Fsp3) is 0.800. The molecule has 43 heavy (non-hydrogen) atoms. The molecular formula is C20H38N4O7S12. The summed E-state index contributed by atoms with van der Waals surface area (Å²) < 4.78 is 11.3. The van der Waals surface area contributed by atoms with Crippen molar-refractivity contribution in [3.8, 4) is 0 Å². The highest BCUT2D eigenvalue weighted by Gasteiger charge is 2.02. The maximum Gasteiger partial charge on any atom is 0.280 e. The number of thioether (sulfide) groups is 11. The van der Waals surface area contributed by atoms with Crippen LogP contribution in [-0.4, -0.2) is 127 Å². The Morgan fingerprint density at radius 1 is 0.698 bits per heavy atom. The van der Waals surface area contributed by atoms with Gasteiger partial charge in [-0.25, -0.2) is 4.99 Å². The van der Waals surface area contributed by atoms with E-state index in [1.807, 2.05) is 0 Å². The van der Waals surface area contributed by atoms with Crippen LogP contribution in [0.25, 0.3) is 0 Å². The predicted octanol–water partition coefficient (Wildman–Crippen LogP) is 5.70. The number of aliphatic hydroxyl groups excluding tert-OH is 2. The first-order chi connectivity index (χ1) is 21.1. The number of hydrogen-bond donors (Lipinski definition) is 4. The molecule has 0 saturated heterocycles. The molecule has 0 aliphatic heterocycles. The first-order valence-corrected chi connectivity index (χ1v) is 25.7. The van der Waals surface area contributed by atoms with Crippen LogP contribution in [0.4, 0.5) is 9.59 Å². The Bertz CT molecular complexity index is 750. The van der Waals surface area contributed by atoms with Gasteiger partial charge in [-0.2, -0.15) is 4.89 Å². The number of aliphatic imine (C=N–C) groups is 2. The van der Waals surface area contributed by atoms with Gasteiger partial charge in [0.25, 0.3) is 10.5 Å². The minimum atomic E-state index is -1.18. The molecule has 11 nitrogen and oxygen atoms in total. The topological polar surface area (TPSA) is 159 Å². The molecule has 0 rings (SSSR count). The van der Waals surface area contributed by atoms with Crippen LogP contribution in [0.15, 0.2) is 9.98 Å². The van der Waals surface area contributed by atoms with E-state index in [0.29, 0.717) is 40.3 Å². The molecule has 0 aliphatic carbocycles. The van der Waals surface area contributed by atoms with Gasteiger partial charge in [-0.15, -0.1) is 106 Å². The maximum absolute atomic E-state index is 11.9. The van der Waals surface area contributed by atoms with Gasteiger partial charge in [0.05, 0.1) is 58.8 Å². The Hall–Kier alpha value is 1.96. The molecule has 0 aliphatic rings. The summed E-state index contributed by atoms with van der Waals surface area (Å²) in [6.07, 6.45) is 1.31. The smallest absolute Gasteiger partial charge is 0.280 e. The second-order valence-electron chi connectivity index (χ2n) is 6.57. The lowest BCUT2D eigenvalue weighted by atomic mass is 10.9. The summed E-state index contributed by atoms with van der Waals surface area (Å²) in [5.41, 5.74) is 1.39. The highest BCUT2D eigenvalue weighted by molar-refractivity contribution is 8.29. The Balaban J connectivity index is 3.27. The van der Waals surface area contributed by atoms with Crippen LogP contribution >= 0.6 is 129 Å². The van der Waals surface area contributed by atoms with Gasteiger partial charge in [0.2, 0.25) is 6.40 Å². The number of carbonyl (C=O) groups excluding carboxylic acids is 2. The van der Waals surface area contributed by atoms with Gasteiger partial charge in [0, 0.05) is 41.3 Å². The lowest BCUT2D eigenvalue weighted by Crippen LogP contribution is -2.18. The highest BCUT2D eigenvalue weighted by Crippen LogP contribution is 2.22. The molecule has 0 fully saturated rings. The molecule has 4 N–H and O–H groups in total. The monoisotopic (exact) mass is 830 g/mol. The summed E-state index contributed by atoms with van der Waals surface area (Å²) >= 11 is 17.5. The second-order valence-corrected chi connectivity index (χ2v) is 21.3. The Kier molecular flexibility index (Phi) is 40.2. The number of hydrogen-bond acceptors (Lipinski definition) is 20. The molecular weight excluding hydrogens is 793 g/mol. The first-order valence-electron chi connectivity index (χ1n) is 12.0. The lowest BCUT2D eigenvalue weighted by molar-refractivity contribution is -0.196. The van der Waals surface area contributed by atoms with E-state index in [-0.39, 0.29) is 29.4 Å². The molecule has 0 saturated carbocycles. The van der Waals surface area contributed by atoms with E-state index in [1.165, 1.54) is 23.7 Å². The molecule has 0 aromatic rings. The van der Waals surface area contributed by atoms with E-state index in [9.17, 15) is 13.8 Å². The van der Waals surface area contributed by atoms with Gasteiger partial charge >= 0.3 is 0 Å². The van der Waals surface area contributed by atoms with Crippen molar-refractivity contribution < 1.29 is 33.8 Å². The summed E-state index contributed by atoms with van der Waals surface area (Å²) in [5.74, 6) is 3.33. The number of nitrogens with one attached hydrogen (secondary N) is 2. The zero-order valence-corrected chi connectivity index (χ0v) is 33.0.